The molecule has 0 saturated carbocycles. The molecule has 126 valence electrons. The Balaban J connectivity index is 2.13. The van der Waals surface area contributed by atoms with Crippen molar-refractivity contribution >= 4 is 0 Å². The van der Waals surface area contributed by atoms with Crippen LogP contribution in [-0.4, -0.2) is 85.6 Å². The Hall–Kier alpha value is -0.200. The van der Waals surface area contributed by atoms with Crippen LogP contribution in [0.1, 0.15) is 34.1 Å². The first kappa shape index (κ1) is 18.8. The van der Waals surface area contributed by atoms with Crippen molar-refractivity contribution in [3.63, 3.8) is 0 Å². The van der Waals surface area contributed by atoms with Crippen LogP contribution in [0.3, 0.4) is 0 Å². The number of ether oxygens (including phenoxy) is 1. The number of β-amino-alcohol motifs (C(OH)–C–C–N with tert-alkyl or cyclic N) is 1. The maximum atomic E-state index is 10.1. The zero-order valence-electron chi connectivity index (χ0n) is 14.6. The number of hydrogen-bond donors (Lipinski definition) is 2. The minimum atomic E-state index is -0.393. The average Bonchev–Trinajstić information content (AvgIpc) is 2.45. The number of piperazine rings is 1. The van der Waals surface area contributed by atoms with Crippen LogP contribution < -0.4 is 5.32 Å². The first-order valence-electron chi connectivity index (χ1n) is 8.28. The van der Waals surface area contributed by atoms with Gasteiger partial charge in [-0.05, 0) is 34.2 Å². The number of rotatable bonds is 9. The summed E-state index contributed by atoms with van der Waals surface area (Å²) in [5.41, 5.74) is 0.149. The minimum absolute atomic E-state index is 0.123. The molecule has 1 saturated heterocycles. The lowest BCUT2D eigenvalue weighted by Crippen LogP contribution is -2.48. The van der Waals surface area contributed by atoms with Crippen molar-refractivity contribution in [3.05, 3.63) is 0 Å². The number of hydrogen-bond acceptors (Lipinski definition) is 5. The highest BCUT2D eigenvalue weighted by Crippen LogP contribution is 2.07. The Morgan fingerprint density at radius 1 is 1.24 bits per heavy atom. The summed E-state index contributed by atoms with van der Waals surface area (Å²) in [6.07, 6.45) is 0.819. The molecule has 0 amide bonds. The van der Waals surface area contributed by atoms with Gasteiger partial charge in [-0.3, -0.25) is 4.90 Å². The zero-order chi connectivity index (χ0) is 15.9. The average molecular weight is 301 g/mol. The fraction of sp³-hybridized carbons (Fsp3) is 1.00. The lowest BCUT2D eigenvalue weighted by atomic mass is 10.0. The first-order chi connectivity index (χ1) is 9.82. The van der Waals surface area contributed by atoms with E-state index in [1.165, 1.54) is 0 Å². The molecule has 0 radical (unpaired) electrons. The predicted molar refractivity (Wildman–Crippen MR) is 87.7 cm³/mol. The maximum Gasteiger partial charge on any atom is 0.0900 e. The number of nitrogens with zero attached hydrogens (tertiary/aromatic N) is 2. The van der Waals surface area contributed by atoms with Gasteiger partial charge in [-0.25, -0.2) is 0 Å². The van der Waals surface area contributed by atoms with Gasteiger partial charge in [0.05, 0.1) is 18.8 Å². The summed E-state index contributed by atoms with van der Waals surface area (Å²) in [6, 6.07) is 0. The van der Waals surface area contributed by atoms with Crippen LogP contribution in [0.2, 0.25) is 0 Å². The predicted octanol–water partition coefficient (Wildman–Crippen LogP) is 0.778. The molecule has 2 atom stereocenters. The molecular formula is C16H35N3O2. The fourth-order valence-corrected chi connectivity index (χ4v) is 2.26. The Bertz CT molecular complexity index is 279. The third-order valence-electron chi connectivity index (χ3n) is 4.39. The molecule has 1 rings (SSSR count). The molecule has 0 bridgehead atoms. The van der Waals surface area contributed by atoms with E-state index in [2.05, 4.69) is 49.9 Å². The second-order valence-electron chi connectivity index (χ2n) is 7.02. The maximum absolute atomic E-state index is 10.1. The Labute approximate surface area is 130 Å². The van der Waals surface area contributed by atoms with Crippen molar-refractivity contribution in [2.45, 2.75) is 51.9 Å². The molecule has 2 unspecified atom stereocenters. The third-order valence-corrected chi connectivity index (χ3v) is 4.39. The van der Waals surface area contributed by atoms with E-state index >= 15 is 0 Å². The van der Waals surface area contributed by atoms with E-state index in [1.807, 2.05) is 0 Å². The molecule has 1 heterocycles. The molecule has 0 spiro atoms. The molecule has 0 aromatic carbocycles. The Morgan fingerprint density at radius 2 is 1.86 bits per heavy atom. The van der Waals surface area contributed by atoms with E-state index in [9.17, 15) is 5.11 Å². The molecular weight excluding hydrogens is 266 g/mol. The van der Waals surface area contributed by atoms with Crippen LogP contribution in [0.4, 0.5) is 0 Å². The lowest BCUT2D eigenvalue weighted by Gasteiger charge is -2.33. The number of likely N-dealkylation sites (N-methyl/N-ethyl adjacent to an activating group) is 1. The SMILES string of the molecule is CCC(C)(C)NCC(C)OCC(O)CN1CCN(C)CC1. The normalized spacial score (nSPS) is 21.4. The van der Waals surface area contributed by atoms with Crippen LogP contribution in [0.25, 0.3) is 0 Å². The van der Waals surface area contributed by atoms with Gasteiger partial charge in [0.15, 0.2) is 0 Å². The van der Waals surface area contributed by atoms with Gasteiger partial charge in [-0.1, -0.05) is 6.92 Å². The van der Waals surface area contributed by atoms with Gasteiger partial charge >= 0.3 is 0 Å². The first-order valence-corrected chi connectivity index (χ1v) is 8.28. The van der Waals surface area contributed by atoms with E-state index in [0.717, 1.165) is 39.1 Å². The van der Waals surface area contributed by atoms with Gasteiger partial charge in [0.25, 0.3) is 0 Å². The van der Waals surface area contributed by atoms with Crippen LogP contribution in [0.15, 0.2) is 0 Å². The molecule has 1 aliphatic heterocycles. The smallest absolute Gasteiger partial charge is 0.0900 e. The van der Waals surface area contributed by atoms with Crippen LogP contribution in [-0.2, 0) is 4.74 Å². The highest BCUT2D eigenvalue weighted by atomic mass is 16.5. The standard InChI is InChI=1S/C16H35N3O2/c1-6-16(3,4)17-11-14(2)21-13-15(20)12-19-9-7-18(5)8-10-19/h14-15,17,20H,6-13H2,1-5H3. The number of nitrogens with one attached hydrogen (secondary N) is 1. The molecule has 1 aliphatic rings. The van der Waals surface area contributed by atoms with E-state index in [1.54, 1.807) is 0 Å². The summed E-state index contributed by atoms with van der Waals surface area (Å²) in [4.78, 5) is 4.64. The van der Waals surface area contributed by atoms with Gasteiger partial charge in [-0.2, -0.15) is 0 Å². The molecule has 5 nitrogen and oxygen atoms in total. The van der Waals surface area contributed by atoms with Gasteiger partial charge < -0.3 is 20.1 Å². The zero-order valence-corrected chi connectivity index (χ0v) is 14.6. The second-order valence-corrected chi connectivity index (χ2v) is 7.02. The molecule has 1 fully saturated rings. The topological polar surface area (TPSA) is 48.0 Å². The summed E-state index contributed by atoms with van der Waals surface area (Å²) < 4.78 is 5.76. The summed E-state index contributed by atoms with van der Waals surface area (Å²) in [7, 11) is 2.14. The molecule has 2 N–H and O–H groups in total. The van der Waals surface area contributed by atoms with E-state index < -0.39 is 6.10 Å². The molecule has 21 heavy (non-hydrogen) atoms. The van der Waals surface area contributed by atoms with Crippen molar-refractivity contribution in [1.29, 1.82) is 0 Å². The van der Waals surface area contributed by atoms with Crippen LogP contribution in [0, 0.1) is 0 Å². The van der Waals surface area contributed by atoms with Crippen molar-refractivity contribution in [2.75, 3.05) is 52.9 Å². The highest BCUT2D eigenvalue weighted by molar-refractivity contribution is 4.77. The lowest BCUT2D eigenvalue weighted by molar-refractivity contribution is -0.0201. The van der Waals surface area contributed by atoms with Gasteiger partial charge in [0.1, 0.15) is 0 Å². The van der Waals surface area contributed by atoms with Gasteiger partial charge in [0, 0.05) is 44.8 Å². The summed E-state index contributed by atoms with van der Waals surface area (Å²) >= 11 is 0. The van der Waals surface area contributed by atoms with Crippen molar-refractivity contribution < 1.29 is 9.84 Å². The number of aliphatic hydroxyl groups excluding tert-OH is 1. The van der Waals surface area contributed by atoms with Gasteiger partial charge in [0.2, 0.25) is 0 Å². The summed E-state index contributed by atoms with van der Waals surface area (Å²) in [5.74, 6) is 0. The van der Waals surface area contributed by atoms with Gasteiger partial charge in [-0.15, -0.1) is 0 Å². The quantitative estimate of drug-likeness (QED) is 0.659. The Kier molecular flexibility index (Phi) is 8.13. The molecule has 0 aromatic rings. The largest absolute Gasteiger partial charge is 0.389 e. The molecule has 0 aromatic heterocycles. The second kappa shape index (κ2) is 9.06. The fourth-order valence-electron chi connectivity index (χ4n) is 2.26. The molecule has 0 aliphatic carbocycles. The van der Waals surface area contributed by atoms with E-state index in [0.29, 0.717) is 13.2 Å². The monoisotopic (exact) mass is 301 g/mol. The van der Waals surface area contributed by atoms with Crippen LogP contribution >= 0.6 is 0 Å². The van der Waals surface area contributed by atoms with E-state index in [4.69, 9.17) is 4.74 Å². The number of aliphatic hydroxyl groups is 1. The Morgan fingerprint density at radius 3 is 2.43 bits per heavy atom. The van der Waals surface area contributed by atoms with Crippen molar-refractivity contribution in [2.24, 2.45) is 0 Å². The van der Waals surface area contributed by atoms with Crippen molar-refractivity contribution in [1.82, 2.24) is 15.1 Å². The van der Waals surface area contributed by atoms with Crippen LogP contribution in [0.5, 0.6) is 0 Å². The highest BCUT2D eigenvalue weighted by Gasteiger charge is 2.19. The van der Waals surface area contributed by atoms with Crippen molar-refractivity contribution in [3.8, 4) is 0 Å². The summed E-state index contributed by atoms with van der Waals surface area (Å²) in [5, 5.41) is 13.6. The molecule has 5 heteroatoms. The van der Waals surface area contributed by atoms with E-state index in [-0.39, 0.29) is 11.6 Å². The minimum Gasteiger partial charge on any atom is -0.389 e. The third kappa shape index (κ3) is 8.12. The summed E-state index contributed by atoms with van der Waals surface area (Å²) in [6.45, 7) is 14.8.